The predicted octanol–water partition coefficient (Wildman–Crippen LogP) is 4.00. The summed E-state index contributed by atoms with van der Waals surface area (Å²) in [5, 5.41) is 0.408. The molecule has 0 aliphatic carbocycles. The van der Waals surface area contributed by atoms with Crippen LogP contribution in [0.1, 0.15) is 5.69 Å². The molecule has 0 aliphatic heterocycles. The van der Waals surface area contributed by atoms with Crippen molar-refractivity contribution < 1.29 is 13.2 Å². The van der Waals surface area contributed by atoms with Gasteiger partial charge in [0, 0.05) is 10.6 Å². The van der Waals surface area contributed by atoms with E-state index in [9.17, 15) is 13.2 Å². The molecule has 0 spiro atoms. The molecule has 18 heavy (non-hydrogen) atoms. The molecule has 1 aromatic heterocycles. The molecule has 1 heterocycles. The van der Waals surface area contributed by atoms with Gasteiger partial charge in [0.25, 0.3) is 0 Å². The lowest BCUT2D eigenvalue weighted by atomic mass is 10.1. The Kier molecular flexibility index (Phi) is 3.17. The summed E-state index contributed by atoms with van der Waals surface area (Å²) >= 11 is 5.79. The van der Waals surface area contributed by atoms with Crippen molar-refractivity contribution in [3.8, 4) is 11.3 Å². The van der Waals surface area contributed by atoms with Crippen LogP contribution >= 0.6 is 11.6 Å². The summed E-state index contributed by atoms with van der Waals surface area (Å²) in [6.07, 6.45) is -4.50. The number of pyridine rings is 1. The first kappa shape index (κ1) is 12.7. The van der Waals surface area contributed by atoms with Gasteiger partial charge in [-0.1, -0.05) is 23.7 Å². The second kappa shape index (κ2) is 4.49. The summed E-state index contributed by atoms with van der Waals surface area (Å²) in [5.41, 5.74) is 5.36. The Labute approximate surface area is 106 Å². The Hall–Kier alpha value is -1.75. The van der Waals surface area contributed by atoms with Crippen molar-refractivity contribution in [2.24, 2.45) is 0 Å². The molecule has 6 heteroatoms. The van der Waals surface area contributed by atoms with Crippen molar-refractivity contribution in [2.75, 3.05) is 5.73 Å². The molecule has 2 rings (SSSR count). The van der Waals surface area contributed by atoms with Crippen LogP contribution in [0.25, 0.3) is 11.3 Å². The zero-order valence-electron chi connectivity index (χ0n) is 9.00. The molecule has 0 saturated heterocycles. The lowest BCUT2D eigenvalue weighted by Gasteiger charge is -2.10. The summed E-state index contributed by atoms with van der Waals surface area (Å²) < 4.78 is 37.7. The van der Waals surface area contributed by atoms with E-state index in [-0.39, 0.29) is 11.4 Å². The molecule has 0 fully saturated rings. The standard InChI is InChI=1S/C12H8ClF3N2/c13-8-3-1-2-7(6-8)11-9(17)4-5-10(18-11)12(14,15)16/h1-6H,17H2. The molecule has 0 unspecified atom stereocenters. The van der Waals surface area contributed by atoms with Crippen molar-refractivity contribution in [1.82, 2.24) is 4.98 Å². The number of nitrogen functional groups attached to an aromatic ring is 1. The topological polar surface area (TPSA) is 38.9 Å². The number of nitrogens with zero attached hydrogens (tertiary/aromatic N) is 1. The molecular weight excluding hydrogens is 265 g/mol. The van der Waals surface area contributed by atoms with Gasteiger partial charge in [-0.3, -0.25) is 0 Å². The summed E-state index contributed by atoms with van der Waals surface area (Å²) in [6, 6.07) is 8.40. The fourth-order valence-corrected chi connectivity index (χ4v) is 1.69. The molecule has 0 saturated carbocycles. The second-order valence-electron chi connectivity index (χ2n) is 3.64. The number of aromatic nitrogens is 1. The van der Waals surface area contributed by atoms with Crippen LogP contribution in [0.15, 0.2) is 36.4 Å². The number of hydrogen-bond donors (Lipinski definition) is 1. The highest BCUT2D eigenvalue weighted by Gasteiger charge is 2.33. The van der Waals surface area contributed by atoms with E-state index in [2.05, 4.69) is 4.98 Å². The number of hydrogen-bond acceptors (Lipinski definition) is 2. The average Bonchev–Trinajstić information content (AvgIpc) is 2.28. The minimum atomic E-state index is -4.50. The Morgan fingerprint density at radius 1 is 1.11 bits per heavy atom. The van der Waals surface area contributed by atoms with E-state index in [0.717, 1.165) is 6.07 Å². The molecule has 0 atom stereocenters. The first-order chi connectivity index (χ1) is 8.38. The highest BCUT2D eigenvalue weighted by Crippen LogP contribution is 2.32. The van der Waals surface area contributed by atoms with Gasteiger partial charge in [0.2, 0.25) is 0 Å². The maximum absolute atomic E-state index is 12.6. The minimum absolute atomic E-state index is 0.0762. The lowest BCUT2D eigenvalue weighted by molar-refractivity contribution is -0.141. The van der Waals surface area contributed by atoms with Crippen LogP contribution in [0.2, 0.25) is 5.02 Å². The predicted molar refractivity (Wildman–Crippen MR) is 64.1 cm³/mol. The molecule has 0 bridgehead atoms. The van der Waals surface area contributed by atoms with Gasteiger partial charge >= 0.3 is 6.18 Å². The molecule has 2 N–H and O–H groups in total. The number of rotatable bonds is 1. The maximum Gasteiger partial charge on any atom is 0.433 e. The highest BCUT2D eigenvalue weighted by atomic mass is 35.5. The fraction of sp³-hybridized carbons (Fsp3) is 0.0833. The van der Waals surface area contributed by atoms with Crippen LogP contribution < -0.4 is 5.73 Å². The van der Waals surface area contributed by atoms with Gasteiger partial charge in [-0.2, -0.15) is 13.2 Å². The quantitative estimate of drug-likeness (QED) is 0.852. The third kappa shape index (κ3) is 2.56. The lowest BCUT2D eigenvalue weighted by Crippen LogP contribution is -2.09. The van der Waals surface area contributed by atoms with E-state index in [1.165, 1.54) is 12.1 Å². The van der Waals surface area contributed by atoms with Crippen LogP contribution in [0.5, 0.6) is 0 Å². The molecule has 0 aliphatic rings. The zero-order valence-corrected chi connectivity index (χ0v) is 9.76. The van der Waals surface area contributed by atoms with Gasteiger partial charge in [0.05, 0.1) is 11.4 Å². The summed E-state index contributed by atoms with van der Waals surface area (Å²) in [6.45, 7) is 0. The monoisotopic (exact) mass is 272 g/mol. The van der Waals surface area contributed by atoms with Gasteiger partial charge in [-0.15, -0.1) is 0 Å². The first-order valence-corrected chi connectivity index (χ1v) is 5.35. The van der Waals surface area contributed by atoms with E-state index >= 15 is 0 Å². The summed E-state index contributed by atoms with van der Waals surface area (Å²) in [4.78, 5) is 3.55. The number of anilines is 1. The number of alkyl halides is 3. The molecule has 94 valence electrons. The third-order valence-corrected chi connectivity index (χ3v) is 2.55. The van der Waals surface area contributed by atoms with Crippen molar-refractivity contribution in [3.05, 3.63) is 47.1 Å². The number of benzene rings is 1. The van der Waals surface area contributed by atoms with Gasteiger partial charge in [-0.25, -0.2) is 4.98 Å². The fourth-order valence-electron chi connectivity index (χ4n) is 1.49. The molecule has 1 aromatic carbocycles. The van der Waals surface area contributed by atoms with Crippen LogP contribution in [-0.4, -0.2) is 4.98 Å². The van der Waals surface area contributed by atoms with Gasteiger partial charge in [0.1, 0.15) is 5.69 Å². The van der Waals surface area contributed by atoms with Crippen LogP contribution in [-0.2, 0) is 6.18 Å². The van der Waals surface area contributed by atoms with Gasteiger partial charge in [0.15, 0.2) is 0 Å². The summed E-state index contributed by atoms with van der Waals surface area (Å²) in [7, 11) is 0. The maximum atomic E-state index is 12.6. The van der Waals surface area contributed by atoms with Gasteiger partial charge < -0.3 is 5.73 Å². The third-order valence-electron chi connectivity index (χ3n) is 2.31. The van der Waals surface area contributed by atoms with E-state index in [0.29, 0.717) is 10.6 Å². The normalized spacial score (nSPS) is 11.6. The van der Waals surface area contributed by atoms with Crippen molar-refractivity contribution in [1.29, 1.82) is 0 Å². The molecular formula is C12H8ClF3N2. The van der Waals surface area contributed by atoms with Crippen molar-refractivity contribution in [3.63, 3.8) is 0 Å². The van der Waals surface area contributed by atoms with Crippen molar-refractivity contribution in [2.45, 2.75) is 6.18 Å². The van der Waals surface area contributed by atoms with E-state index in [1.54, 1.807) is 18.2 Å². The Morgan fingerprint density at radius 3 is 2.44 bits per heavy atom. The highest BCUT2D eigenvalue weighted by molar-refractivity contribution is 6.30. The van der Waals surface area contributed by atoms with Crippen molar-refractivity contribution >= 4 is 17.3 Å². The van der Waals surface area contributed by atoms with Crippen LogP contribution in [0, 0.1) is 0 Å². The Morgan fingerprint density at radius 2 is 1.83 bits per heavy atom. The molecule has 0 radical (unpaired) electrons. The van der Waals surface area contributed by atoms with E-state index < -0.39 is 11.9 Å². The zero-order chi connectivity index (χ0) is 13.3. The minimum Gasteiger partial charge on any atom is -0.397 e. The summed E-state index contributed by atoms with van der Waals surface area (Å²) in [5.74, 6) is 0. The Bertz CT molecular complexity index is 582. The largest absolute Gasteiger partial charge is 0.433 e. The van der Waals surface area contributed by atoms with Crippen LogP contribution in [0.4, 0.5) is 18.9 Å². The second-order valence-corrected chi connectivity index (χ2v) is 4.08. The van der Waals surface area contributed by atoms with Gasteiger partial charge in [-0.05, 0) is 24.3 Å². The van der Waals surface area contributed by atoms with E-state index in [4.69, 9.17) is 17.3 Å². The van der Waals surface area contributed by atoms with E-state index in [1.807, 2.05) is 0 Å². The molecule has 0 amide bonds. The smallest absolute Gasteiger partial charge is 0.397 e. The number of nitrogens with two attached hydrogens (primary N) is 1. The Balaban J connectivity index is 2.57. The first-order valence-electron chi connectivity index (χ1n) is 4.97. The number of halogens is 4. The SMILES string of the molecule is Nc1ccc(C(F)(F)F)nc1-c1cccc(Cl)c1. The molecule has 2 aromatic rings. The average molecular weight is 273 g/mol. The van der Waals surface area contributed by atoms with Crippen LogP contribution in [0.3, 0.4) is 0 Å². The molecule has 2 nitrogen and oxygen atoms in total.